The van der Waals surface area contributed by atoms with Crippen LogP contribution in [0.15, 0.2) is 0 Å². The van der Waals surface area contributed by atoms with Crippen molar-refractivity contribution >= 4 is 17.3 Å². The standard InChI is InChI=1S/C14H22N2O2S/c1-9-12(19-11(8-15)16-9)13(17)18-10-4-6-14(2,3)7-5-10/h10H,4-8,15H2,1-3H3. The molecule has 0 unspecified atom stereocenters. The van der Waals surface area contributed by atoms with Gasteiger partial charge in [0, 0.05) is 6.54 Å². The van der Waals surface area contributed by atoms with Gasteiger partial charge in [-0.25, -0.2) is 9.78 Å². The molecule has 1 heterocycles. The highest BCUT2D eigenvalue weighted by Crippen LogP contribution is 2.36. The second-order valence-corrected chi connectivity index (χ2v) is 7.08. The summed E-state index contributed by atoms with van der Waals surface area (Å²) in [4.78, 5) is 17.0. The van der Waals surface area contributed by atoms with Gasteiger partial charge in [-0.2, -0.15) is 0 Å². The fraction of sp³-hybridized carbons (Fsp3) is 0.714. The molecule has 19 heavy (non-hydrogen) atoms. The van der Waals surface area contributed by atoms with Gasteiger partial charge in [0.25, 0.3) is 0 Å². The van der Waals surface area contributed by atoms with Gasteiger partial charge >= 0.3 is 5.97 Å². The van der Waals surface area contributed by atoms with Crippen LogP contribution in [0.1, 0.15) is 59.9 Å². The maximum atomic E-state index is 12.1. The third kappa shape index (κ3) is 3.54. The number of carbonyl (C=O) groups excluding carboxylic acids is 1. The highest BCUT2D eigenvalue weighted by Gasteiger charge is 2.29. The summed E-state index contributed by atoms with van der Waals surface area (Å²) in [7, 11) is 0. The Kier molecular flexibility index (Phi) is 4.26. The van der Waals surface area contributed by atoms with Crippen molar-refractivity contribution in [3.05, 3.63) is 15.6 Å². The van der Waals surface area contributed by atoms with Gasteiger partial charge in [0.15, 0.2) is 0 Å². The molecule has 1 saturated carbocycles. The average molecular weight is 282 g/mol. The number of aryl methyl sites for hydroxylation is 1. The van der Waals surface area contributed by atoms with Gasteiger partial charge in [0.1, 0.15) is 16.0 Å². The van der Waals surface area contributed by atoms with Gasteiger partial charge in [-0.1, -0.05) is 13.8 Å². The lowest BCUT2D eigenvalue weighted by molar-refractivity contribution is 0.00993. The zero-order valence-corrected chi connectivity index (χ0v) is 12.7. The minimum atomic E-state index is -0.237. The smallest absolute Gasteiger partial charge is 0.350 e. The van der Waals surface area contributed by atoms with Crippen LogP contribution in [0.25, 0.3) is 0 Å². The Bertz CT molecular complexity index is 458. The topological polar surface area (TPSA) is 65.2 Å². The van der Waals surface area contributed by atoms with E-state index in [0.717, 1.165) is 36.4 Å². The number of carbonyl (C=O) groups is 1. The Morgan fingerprint density at radius 1 is 1.47 bits per heavy atom. The maximum Gasteiger partial charge on any atom is 0.350 e. The van der Waals surface area contributed by atoms with Crippen molar-refractivity contribution in [1.29, 1.82) is 0 Å². The molecule has 1 aliphatic carbocycles. The summed E-state index contributed by atoms with van der Waals surface area (Å²) in [5, 5.41) is 0.786. The van der Waals surface area contributed by atoms with Gasteiger partial charge in [-0.3, -0.25) is 0 Å². The summed E-state index contributed by atoms with van der Waals surface area (Å²) in [6.45, 7) is 6.74. The third-order valence-electron chi connectivity index (χ3n) is 3.76. The molecule has 0 spiro atoms. The molecule has 2 rings (SSSR count). The highest BCUT2D eigenvalue weighted by molar-refractivity contribution is 7.13. The van der Waals surface area contributed by atoms with Gasteiger partial charge in [0.05, 0.1) is 5.69 Å². The molecule has 0 aliphatic heterocycles. The molecule has 0 atom stereocenters. The number of esters is 1. The van der Waals surface area contributed by atoms with Crippen LogP contribution in [0.4, 0.5) is 0 Å². The van der Waals surface area contributed by atoms with Crippen LogP contribution in [0.2, 0.25) is 0 Å². The zero-order valence-electron chi connectivity index (χ0n) is 11.9. The molecule has 5 heteroatoms. The SMILES string of the molecule is Cc1nc(CN)sc1C(=O)OC1CCC(C)(C)CC1. The lowest BCUT2D eigenvalue weighted by Crippen LogP contribution is -2.28. The van der Waals surface area contributed by atoms with Crippen molar-refractivity contribution in [3.8, 4) is 0 Å². The van der Waals surface area contributed by atoms with E-state index in [1.807, 2.05) is 6.92 Å². The van der Waals surface area contributed by atoms with Crippen LogP contribution >= 0.6 is 11.3 Å². The Balaban J connectivity index is 1.96. The zero-order chi connectivity index (χ0) is 14.0. The summed E-state index contributed by atoms with van der Waals surface area (Å²) >= 11 is 1.35. The maximum absolute atomic E-state index is 12.1. The van der Waals surface area contributed by atoms with E-state index in [2.05, 4.69) is 18.8 Å². The fourth-order valence-electron chi connectivity index (χ4n) is 2.42. The highest BCUT2D eigenvalue weighted by atomic mass is 32.1. The Morgan fingerprint density at radius 2 is 2.11 bits per heavy atom. The number of thiazole rings is 1. The van der Waals surface area contributed by atoms with E-state index < -0.39 is 0 Å². The summed E-state index contributed by atoms with van der Waals surface area (Å²) in [5.41, 5.74) is 6.66. The Hall–Kier alpha value is -0.940. The van der Waals surface area contributed by atoms with Crippen LogP contribution in [0, 0.1) is 12.3 Å². The fourth-order valence-corrected chi connectivity index (χ4v) is 3.25. The van der Waals surface area contributed by atoms with E-state index in [-0.39, 0.29) is 12.1 Å². The van der Waals surface area contributed by atoms with Crippen molar-refractivity contribution in [2.45, 2.75) is 59.1 Å². The van der Waals surface area contributed by atoms with E-state index >= 15 is 0 Å². The third-order valence-corrected chi connectivity index (χ3v) is 4.92. The van der Waals surface area contributed by atoms with Gasteiger partial charge in [0.2, 0.25) is 0 Å². The van der Waals surface area contributed by atoms with E-state index in [9.17, 15) is 4.79 Å². The quantitative estimate of drug-likeness (QED) is 0.865. The van der Waals surface area contributed by atoms with Crippen molar-refractivity contribution in [3.63, 3.8) is 0 Å². The second kappa shape index (κ2) is 5.59. The van der Waals surface area contributed by atoms with Gasteiger partial charge in [-0.15, -0.1) is 11.3 Å². The van der Waals surface area contributed by atoms with Crippen molar-refractivity contribution in [2.75, 3.05) is 0 Å². The predicted molar refractivity (Wildman–Crippen MR) is 76.2 cm³/mol. The largest absolute Gasteiger partial charge is 0.458 e. The molecule has 106 valence electrons. The summed E-state index contributed by atoms with van der Waals surface area (Å²) in [5.74, 6) is -0.237. The first-order valence-corrected chi connectivity index (χ1v) is 7.60. The van der Waals surface area contributed by atoms with Crippen molar-refractivity contribution in [2.24, 2.45) is 11.1 Å². The first-order chi connectivity index (χ1) is 8.91. The second-order valence-electron chi connectivity index (χ2n) is 6.00. The molecular weight excluding hydrogens is 260 g/mol. The predicted octanol–water partition coefficient (Wildman–Crippen LogP) is 3.04. The van der Waals surface area contributed by atoms with E-state index in [4.69, 9.17) is 10.5 Å². The number of hydrogen-bond donors (Lipinski definition) is 1. The van der Waals surface area contributed by atoms with Crippen LogP contribution < -0.4 is 5.73 Å². The van der Waals surface area contributed by atoms with Crippen LogP contribution in [-0.4, -0.2) is 17.1 Å². The van der Waals surface area contributed by atoms with Gasteiger partial charge < -0.3 is 10.5 Å². The summed E-state index contributed by atoms with van der Waals surface area (Å²) < 4.78 is 5.60. The Labute approximate surface area is 118 Å². The Morgan fingerprint density at radius 3 is 2.63 bits per heavy atom. The van der Waals surface area contributed by atoms with E-state index in [1.165, 1.54) is 11.3 Å². The minimum absolute atomic E-state index is 0.0587. The molecule has 1 aromatic rings. The van der Waals surface area contributed by atoms with Crippen LogP contribution in [0.5, 0.6) is 0 Å². The van der Waals surface area contributed by atoms with Crippen LogP contribution in [-0.2, 0) is 11.3 Å². The molecular formula is C14H22N2O2S. The van der Waals surface area contributed by atoms with Crippen molar-refractivity contribution < 1.29 is 9.53 Å². The normalized spacial score (nSPS) is 19.4. The molecule has 0 aromatic carbocycles. The molecule has 0 bridgehead atoms. The molecule has 0 radical (unpaired) electrons. The van der Waals surface area contributed by atoms with E-state index in [0.29, 0.717) is 16.8 Å². The van der Waals surface area contributed by atoms with Crippen LogP contribution in [0.3, 0.4) is 0 Å². The lowest BCUT2D eigenvalue weighted by Gasteiger charge is -2.33. The number of nitrogens with zero attached hydrogens (tertiary/aromatic N) is 1. The molecule has 1 fully saturated rings. The minimum Gasteiger partial charge on any atom is -0.458 e. The molecule has 1 aliphatic rings. The lowest BCUT2D eigenvalue weighted by atomic mass is 9.76. The summed E-state index contributed by atoms with van der Waals surface area (Å²) in [6.07, 6.45) is 4.20. The monoisotopic (exact) mass is 282 g/mol. The first kappa shape index (κ1) is 14.5. The molecule has 2 N–H and O–H groups in total. The number of rotatable bonds is 3. The molecule has 0 saturated heterocycles. The summed E-state index contributed by atoms with van der Waals surface area (Å²) in [6, 6.07) is 0. The number of hydrogen-bond acceptors (Lipinski definition) is 5. The molecule has 4 nitrogen and oxygen atoms in total. The molecule has 0 amide bonds. The first-order valence-electron chi connectivity index (χ1n) is 6.78. The number of ether oxygens (including phenoxy) is 1. The average Bonchev–Trinajstić information content (AvgIpc) is 2.73. The van der Waals surface area contributed by atoms with E-state index in [1.54, 1.807) is 0 Å². The number of aromatic nitrogens is 1. The molecule has 1 aromatic heterocycles. The van der Waals surface area contributed by atoms with Gasteiger partial charge in [-0.05, 0) is 38.0 Å². The van der Waals surface area contributed by atoms with Crippen molar-refractivity contribution in [1.82, 2.24) is 4.98 Å². The number of nitrogens with two attached hydrogens (primary N) is 1.